The Morgan fingerprint density at radius 1 is 0.957 bits per heavy atom. The molecule has 0 bridgehead atoms. The van der Waals surface area contributed by atoms with E-state index in [9.17, 15) is 8.42 Å². The SMILES string of the molecule is CCCCOc1ccc(N=Nc2ccc(S(=O)(=O)O)cc2)cc1. The van der Waals surface area contributed by atoms with Gasteiger partial charge in [-0.1, -0.05) is 13.3 Å². The fourth-order valence-electron chi connectivity index (χ4n) is 1.74. The lowest BCUT2D eigenvalue weighted by atomic mass is 10.3. The highest BCUT2D eigenvalue weighted by atomic mass is 32.2. The summed E-state index contributed by atoms with van der Waals surface area (Å²) in [6, 6.07) is 12.7. The Morgan fingerprint density at radius 3 is 1.96 bits per heavy atom. The van der Waals surface area contributed by atoms with Crippen LogP contribution in [0.25, 0.3) is 0 Å². The van der Waals surface area contributed by atoms with Gasteiger partial charge in [0.15, 0.2) is 0 Å². The zero-order valence-corrected chi connectivity index (χ0v) is 13.5. The summed E-state index contributed by atoms with van der Waals surface area (Å²) in [7, 11) is -4.19. The van der Waals surface area contributed by atoms with E-state index in [0.717, 1.165) is 18.6 Å². The molecule has 7 heteroatoms. The predicted molar refractivity (Wildman–Crippen MR) is 87.3 cm³/mol. The number of hydrogen-bond acceptors (Lipinski definition) is 5. The Hall–Kier alpha value is -2.25. The molecule has 0 aliphatic rings. The average Bonchev–Trinajstić information content (AvgIpc) is 2.54. The van der Waals surface area contributed by atoms with Crippen molar-refractivity contribution in [3.05, 3.63) is 48.5 Å². The van der Waals surface area contributed by atoms with Crippen molar-refractivity contribution in [2.24, 2.45) is 10.2 Å². The molecule has 0 saturated heterocycles. The zero-order valence-electron chi connectivity index (χ0n) is 12.7. The second kappa shape index (κ2) is 7.85. The van der Waals surface area contributed by atoms with E-state index in [1.807, 2.05) is 12.1 Å². The van der Waals surface area contributed by atoms with Crippen LogP contribution in [0.4, 0.5) is 11.4 Å². The van der Waals surface area contributed by atoms with Crippen molar-refractivity contribution in [1.82, 2.24) is 0 Å². The molecule has 23 heavy (non-hydrogen) atoms. The van der Waals surface area contributed by atoms with Gasteiger partial charge in [-0.25, -0.2) is 0 Å². The van der Waals surface area contributed by atoms with Crippen molar-refractivity contribution < 1.29 is 17.7 Å². The first kappa shape index (κ1) is 17.1. The quantitative estimate of drug-likeness (QED) is 0.458. The molecule has 122 valence electrons. The Balaban J connectivity index is 1.99. The minimum atomic E-state index is -4.19. The molecule has 2 aromatic rings. The standard InChI is InChI=1S/C16H18N2O4S/c1-2-3-12-22-15-8-4-13(5-9-15)17-18-14-6-10-16(11-7-14)23(19,20)21/h4-11H,2-3,12H2,1H3,(H,19,20,21). The minimum absolute atomic E-state index is 0.176. The topological polar surface area (TPSA) is 88.3 Å². The first-order valence-electron chi connectivity index (χ1n) is 7.21. The third kappa shape index (κ3) is 5.46. The van der Waals surface area contributed by atoms with Gasteiger partial charge in [0.25, 0.3) is 10.1 Å². The monoisotopic (exact) mass is 334 g/mol. The number of azo groups is 1. The van der Waals surface area contributed by atoms with E-state index < -0.39 is 10.1 Å². The second-order valence-electron chi connectivity index (χ2n) is 4.86. The first-order chi connectivity index (χ1) is 11.0. The summed E-state index contributed by atoms with van der Waals surface area (Å²) in [5, 5.41) is 8.08. The Bertz CT molecular complexity index is 754. The highest BCUT2D eigenvalue weighted by molar-refractivity contribution is 7.85. The van der Waals surface area contributed by atoms with Gasteiger partial charge in [-0.05, 0) is 55.0 Å². The van der Waals surface area contributed by atoms with Gasteiger partial charge in [0.1, 0.15) is 5.75 Å². The van der Waals surface area contributed by atoms with Crippen LogP contribution in [0.1, 0.15) is 19.8 Å². The molecule has 1 N–H and O–H groups in total. The van der Waals surface area contributed by atoms with Crippen LogP contribution in [0.5, 0.6) is 5.75 Å². The summed E-state index contributed by atoms with van der Waals surface area (Å²) >= 11 is 0. The lowest BCUT2D eigenvalue weighted by Gasteiger charge is -2.04. The molecule has 0 radical (unpaired) electrons. The van der Waals surface area contributed by atoms with Gasteiger partial charge in [-0.15, -0.1) is 0 Å². The molecule has 0 aromatic heterocycles. The van der Waals surface area contributed by atoms with Crippen molar-refractivity contribution in [2.45, 2.75) is 24.7 Å². The second-order valence-corrected chi connectivity index (χ2v) is 6.29. The van der Waals surface area contributed by atoms with Gasteiger partial charge in [0.05, 0.1) is 22.9 Å². The highest BCUT2D eigenvalue weighted by Crippen LogP contribution is 2.22. The molecule has 0 aliphatic heterocycles. The van der Waals surface area contributed by atoms with E-state index in [1.54, 1.807) is 12.1 Å². The summed E-state index contributed by atoms with van der Waals surface area (Å²) < 4.78 is 36.3. The fourth-order valence-corrected chi connectivity index (χ4v) is 2.22. The van der Waals surface area contributed by atoms with Crippen LogP contribution < -0.4 is 4.74 Å². The molecule has 0 saturated carbocycles. The van der Waals surface area contributed by atoms with E-state index in [-0.39, 0.29) is 4.90 Å². The molecular formula is C16H18N2O4S. The van der Waals surface area contributed by atoms with Crippen LogP contribution in [0.15, 0.2) is 63.7 Å². The first-order valence-corrected chi connectivity index (χ1v) is 8.65. The van der Waals surface area contributed by atoms with Gasteiger partial charge < -0.3 is 4.74 Å². The Morgan fingerprint density at radius 2 is 1.48 bits per heavy atom. The Labute approximate surface area is 135 Å². The molecule has 0 unspecified atom stereocenters. The maximum absolute atomic E-state index is 10.9. The third-order valence-corrected chi connectivity index (χ3v) is 3.89. The minimum Gasteiger partial charge on any atom is -0.494 e. The van der Waals surface area contributed by atoms with Crippen molar-refractivity contribution in [3.8, 4) is 5.75 Å². The van der Waals surface area contributed by atoms with Gasteiger partial charge in [0.2, 0.25) is 0 Å². The molecule has 0 amide bonds. The molecule has 0 fully saturated rings. The van der Waals surface area contributed by atoms with E-state index >= 15 is 0 Å². The van der Waals surface area contributed by atoms with Crippen LogP contribution in [0.2, 0.25) is 0 Å². The molecular weight excluding hydrogens is 316 g/mol. The normalized spacial score (nSPS) is 11.7. The summed E-state index contributed by atoms with van der Waals surface area (Å²) in [5.74, 6) is 0.787. The predicted octanol–water partition coefficient (Wildman–Crippen LogP) is 4.53. The van der Waals surface area contributed by atoms with Gasteiger partial charge in [-0.3, -0.25) is 4.55 Å². The lowest BCUT2D eigenvalue weighted by Crippen LogP contribution is -1.96. The Kier molecular flexibility index (Phi) is 5.84. The maximum atomic E-state index is 10.9. The van der Waals surface area contributed by atoms with Crippen molar-refractivity contribution >= 4 is 21.5 Å². The summed E-state index contributed by atoms with van der Waals surface area (Å²) in [5.41, 5.74) is 1.15. The van der Waals surface area contributed by atoms with Gasteiger partial charge in [-0.2, -0.15) is 18.6 Å². The molecule has 2 aromatic carbocycles. The summed E-state index contributed by atoms with van der Waals surface area (Å²) in [6.45, 7) is 2.80. The van der Waals surface area contributed by atoms with E-state index in [0.29, 0.717) is 18.0 Å². The number of benzene rings is 2. The highest BCUT2D eigenvalue weighted by Gasteiger charge is 2.07. The largest absolute Gasteiger partial charge is 0.494 e. The number of rotatable bonds is 7. The van der Waals surface area contributed by atoms with Crippen molar-refractivity contribution in [3.63, 3.8) is 0 Å². The molecule has 0 heterocycles. The summed E-state index contributed by atoms with van der Waals surface area (Å²) in [4.78, 5) is -0.176. The molecule has 0 spiro atoms. The van der Waals surface area contributed by atoms with Crippen LogP contribution >= 0.6 is 0 Å². The number of ether oxygens (including phenoxy) is 1. The molecule has 0 aliphatic carbocycles. The zero-order chi connectivity index (χ0) is 16.7. The number of unbranched alkanes of at least 4 members (excludes halogenated alkanes) is 1. The fraction of sp³-hybridized carbons (Fsp3) is 0.250. The van der Waals surface area contributed by atoms with Crippen molar-refractivity contribution in [2.75, 3.05) is 6.61 Å². The van der Waals surface area contributed by atoms with E-state index in [1.165, 1.54) is 24.3 Å². The number of hydrogen-bond donors (Lipinski definition) is 1. The van der Waals surface area contributed by atoms with Crippen molar-refractivity contribution in [1.29, 1.82) is 0 Å². The molecule has 2 rings (SSSR count). The van der Waals surface area contributed by atoms with Gasteiger partial charge >= 0.3 is 0 Å². The van der Waals surface area contributed by atoms with Crippen LogP contribution in [0, 0.1) is 0 Å². The average molecular weight is 334 g/mol. The smallest absolute Gasteiger partial charge is 0.294 e. The third-order valence-electron chi connectivity index (χ3n) is 3.02. The lowest BCUT2D eigenvalue weighted by molar-refractivity contribution is 0.309. The maximum Gasteiger partial charge on any atom is 0.294 e. The van der Waals surface area contributed by atoms with Crippen LogP contribution in [-0.2, 0) is 10.1 Å². The molecule has 0 atom stereocenters. The van der Waals surface area contributed by atoms with Crippen LogP contribution in [-0.4, -0.2) is 19.6 Å². The van der Waals surface area contributed by atoms with E-state index in [4.69, 9.17) is 9.29 Å². The van der Waals surface area contributed by atoms with Crippen LogP contribution in [0.3, 0.4) is 0 Å². The van der Waals surface area contributed by atoms with E-state index in [2.05, 4.69) is 17.2 Å². The number of nitrogens with zero attached hydrogens (tertiary/aromatic N) is 2. The van der Waals surface area contributed by atoms with Gasteiger partial charge in [0, 0.05) is 0 Å². The summed E-state index contributed by atoms with van der Waals surface area (Å²) in [6.07, 6.45) is 2.10. The molecule has 6 nitrogen and oxygen atoms in total.